The third-order valence-corrected chi connectivity index (χ3v) is 4.39. The Bertz CT molecular complexity index is 757. The molecule has 1 N–H and O–H groups in total. The van der Waals surface area contributed by atoms with Crippen molar-refractivity contribution < 1.29 is 4.39 Å². The second-order valence-electron chi connectivity index (χ2n) is 4.23. The first kappa shape index (κ1) is 15.2. The van der Waals surface area contributed by atoms with Gasteiger partial charge in [0.25, 0.3) is 5.56 Å². The number of rotatable bonds is 2. The number of aryl methyl sites for hydroxylation is 1. The lowest BCUT2D eigenvalue weighted by Crippen LogP contribution is -2.12. The molecular formula is C14H9BrFIN2O. The van der Waals surface area contributed by atoms with Crippen LogP contribution in [0.2, 0.25) is 0 Å². The number of H-pyrrole nitrogens is 1. The molecule has 1 aromatic carbocycles. The second-order valence-corrected chi connectivity index (χ2v) is 5.96. The van der Waals surface area contributed by atoms with E-state index in [2.05, 4.69) is 20.9 Å². The zero-order chi connectivity index (χ0) is 14.9. The molecule has 0 spiro atoms. The number of pyridine rings is 1. The van der Waals surface area contributed by atoms with Crippen LogP contribution in [-0.4, -0.2) is 4.98 Å². The van der Waals surface area contributed by atoms with Crippen LogP contribution in [0.15, 0.2) is 23.0 Å². The molecule has 0 aliphatic carbocycles. The fraction of sp³-hybridized carbons (Fsp3) is 0.143. The molecule has 0 saturated heterocycles. The minimum atomic E-state index is -0.456. The number of benzene rings is 1. The highest BCUT2D eigenvalue weighted by molar-refractivity contribution is 14.1. The van der Waals surface area contributed by atoms with Gasteiger partial charge in [-0.3, -0.25) is 4.79 Å². The minimum absolute atomic E-state index is 0.00241. The van der Waals surface area contributed by atoms with Crippen molar-refractivity contribution in [1.82, 2.24) is 4.98 Å². The number of aromatic nitrogens is 1. The number of nitrogens with zero attached hydrogens (tertiary/aromatic N) is 1. The van der Waals surface area contributed by atoms with E-state index >= 15 is 0 Å². The van der Waals surface area contributed by atoms with Crippen molar-refractivity contribution in [3.05, 3.63) is 54.8 Å². The first-order chi connectivity index (χ1) is 9.47. The molecule has 0 unspecified atom stereocenters. The van der Waals surface area contributed by atoms with Gasteiger partial charge in [0.05, 0.1) is 0 Å². The zero-order valence-electron chi connectivity index (χ0n) is 10.4. The van der Waals surface area contributed by atoms with Gasteiger partial charge in [-0.2, -0.15) is 5.26 Å². The number of halogens is 3. The number of nitriles is 1. The topological polar surface area (TPSA) is 56.6 Å². The molecule has 2 aromatic rings. The highest BCUT2D eigenvalue weighted by Crippen LogP contribution is 2.28. The van der Waals surface area contributed by atoms with E-state index in [1.807, 2.05) is 28.7 Å². The van der Waals surface area contributed by atoms with Crippen molar-refractivity contribution in [2.45, 2.75) is 12.3 Å². The van der Waals surface area contributed by atoms with Crippen molar-refractivity contribution in [2.24, 2.45) is 0 Å². The number of hydrogen-bond acceptors (Lipinski definition) is 2. The molecule has 1 aromatic heterocycles. The highest BCUT2D eigenvalue weighted by Gasteiger charge is 2.14. The summed E-state index contributed by atoms with van der Waals surface area (Å²) < 4.78 is 14.8. The van der Waals surface area contributed by atoms with Crippen LogP contribution in [0.3, 0.4) is 0 Å². The molecule has 1 heterocycles. The summed E-state index contributed by atoms with van der Waals surface area (Å²) in [5, 5.41) is 9.53. The Labute approximate surface area is 137 Å². The van der Waals surface area contributed by atoms with Gasteiger partial charge in [-0.25, -0.2) is 4.39 Å². The van der Waals surface area contributed by atoms with E-state index in [1.165, 1.54) is 6.07 Å². The van der Waals surface area contributed by atoms with Crippen molar-refractivity contribution in [3.8, 4) is 17.2 Å². The normalized spacial score (nSPS) is 10.3. The van der Waals surface area contributed by atoms with Gasteiger partial charge >= 0.3 is 0 Å². The summed E-state index contributed by atoms with van der Waals surface area (Å²) in [7, 11) is 0. The average Bonchev–Trinajstić information content (AvgIpc) is 2.37. The molecular weight excluding hydrogens is 438 g/mol. The number of nitrogens with one attached hydrogen (secondary N) is 1. The third kappa shape index (κ3) is 2.79. The van der Waals surface area contributed by atoms with Crippen molar-refractivity contribution in [3.63, 3.8) is 0 Å². The standard InChI is InChI=1S/C14H9BrFIN2O/c1-7-2-9(11(6-18)14(20)19-7)8-3-12(16)10(5-15)13(17)4-8/h2-4H,5H2,1H3,(H,19,20). The predicted molar refractivity (Wildman–Crippen MR) is 87.3 cm³/mol. The van der Waals surface area contributed by atoms with E-state index in [0.29, 0.717) is 27.7 Å². The summed E-state index contributed by atoms with van der Waals surface area (Å²) in [5.74, 6) is -0.356. The molecule has 6 heteroatoms. The van der Waals surface area contributed by atoms with Crippen molar-refractivity contribution in [2.75, 3.05) is 0 Å². The van der Waals surface area contributed by atoms with E-state index in [0.717, 1.165) is 3.57 Å². The largest absolute Gasteiger partial charge is 0.325 e. The summed E-state index contributed by atoms with van der Waals surface area (Å²) in [6.07, 6.45) is 0. The minimum Gasteiger partial charge on any atom is -0.325 e. The molecule has 0 aliphatic rings. The second kappa shape index (κ2) is 6.06. The Hall–Kier alpha value is -1.20. The third-order valence-electron chi connectivity index (χ3n) is 2.87. The van der Waals surface area contributed by atoms with E-state index in [-0.39, 0.29) is 11.4 Å². The number of hydrogen-bond donors (Lipinski definition) is 1. The van der Waals surface area contributed by atoms with E-state index in [9.17, 15) is 9.18 Å². The Balaban J connectivity index is 2.76. The van der Waals surface area contributed by atoms with Crippen LogP contribution in [-0.2, 0) is 5.33 Å². The molecule has 0 bridgehead atoms. The lowest BCUT2D eigenvalue weighted by Gasteiger charge is -2.09. The quantitative estimate of drug-likeness (QED) is 0.562. The number of alkyl halides is 1. The predicted octanol–water partition coefficient (Wildman–Crippen LogP) is 3.86. The lowest BCUT2D eigenvalue weighted by atomic mass is 10.00. The van der Waals surface area contributed by atoms with Crippen LogP contribution in [0.5, 0.6) is 0 Å². The van der Waals surface area contributed by atoms with Crippen LogP contribution in [0.25, 0.3) is 11.1 Å². The van der Waals surface area contributed by atoms with Gasteiger partial charge in [0.15, 0.2) is 0 Å². The van der Waals surface area contributed by atoms with E-state index in [4.69, 9.17) is 5.26 Å². The van der Waals surface area contributed by atoms with E-state index < -0.39 is 5.56 Å². The summed E-state index contributed by atoms with van der Waals surface area (Å²) in [6, 6.07) is 6.69. The lowest BCUT2D eigenvalue weighted by molar-refractivity contribution is 0.617. The molecule has 102 valence electrons. The Morgan fingerprint density at radius 1 is 1.45 bits per heavy atom. The van der Waals surface area contributed by atoms with E-state index in [1.54, 1.807) is 19.1 Å². The average molecular weight is 447 g/mol. The monoisotopic (exact) mass is 446 g/mol. The Morgan fingerprint density at radius 2 is 2.15 bits per heavy atom. The molecule has 20 heavy (non-hydrogen) atoms. The van der Waals surface area contributed by atoms with Crippen molar-refractivity contribution in [1.29, 1.82) is 5.26 Å². The molecule has 2 rings (SSSR count). The first-order valence-corrected chi connectivity index (χ1v) is 7.86. The smallest absolute Gasteiger partial charge is 0.266 e. The van der Waals surface area contributed by atoms with Gasteiger partial charge < -0.3 is 4.98 Å². The van der Waals surface area contributed by atoms with Crippen LogP contribution in [0, 0.1) is 27.6 Å². The number of aromatic amines is 1. The zero-order valence-corrected chi connectivity index (χ0v) is 14.2. The Morgan fingerprint density at radius 3 is 2.70 bits per heavy atom. The van der Waals surface area contributed by atoms with Gasteiger partial charge in [-0.15, -0.1) is 0 Å². The molecule has 0 fully saturated rings. The summed E-state index contributed by atoms with van der Waals surface area (Å²) >= 11 is 5.28. The maximum atomic E-state index is 14.0. The fourth-order valence-corrected chi connectivity index (χ4v) is 3.79. The molecule has 0 radical (unpaired) electrons. The summed E-state index contributed by atoms with van der Waals surface area (Å²) in [4.78, 5) is 14.3. The summed E-state index contributed by atoms with van der Waals surface area (Å²) in [5.41, 5.74) is 1.72. The van der Waals surface area contributed by atoms with Gasteiger partial charge in [-0.05, 0) is 53.3 Å². The Kier molecular flexibility index (Phi) is 4.60. The van der Waals surface area contributed by atoms with Crippen LogP contribution >= 0.6 is 38.5 Å². The molecule has 0 atom stereocenters. The fourth-order valence-electron chi connectivity index (χ4n) is 1.91. The van der Waals surface area contributed by atoms with Crippen LogP contribution < -0.4 is 5.56 Å². The molecule has 0 saturated carbocycles. The highest BCUT2D eigenvalue weighted by atomic mass is 127. The molecule has 0 amide bonds. The van der Waals surface area contributed by atoms with Crippen LogP contribution in [0.4, 0.5) is 4.39 Å². The SMILES string of the molecule is Cc1cc(-c2cc(F)c(CBr)c(I)c2)c(C#N)c(=O)[nH]1. The maximum Gasteiger partial charge on any atom is 0.266 e. The first-order valence-electron chi connectivity index (χ1n) is 5.66. The van der Waals surface area contributed by atoms with Crippen molar-refractivity contribution >= 4 is 38.5 Å². The van der Waals surface area contributed by atoms with Crippen LogP contribution in [0.1, 0.15) is 16.8 Å². The van der Waals surface area contributed by atoms with Gasteiger partial charge in [0.1, 0.15) is 17.4 Å². The summed E-state index contributed by atoms with van der Waals surface area (Å²) in [6.45, 7) is 1.72. The van der Waals surface area contributed by atoms with Gasteiger partial charge in [0.2, 0.25) is 0 Å². The van der Waals surface area contributed by atoms with Gasteiger partial charge in [0, 0.05) is 25.7 Å². The molecule has 3 nitrogen and oxygen atoms in total. The maximum absolute atomic E-state index is 14.0. The molecule has 0 aliphatic heterocycles. The van der Waals surface area contributed by atoms with Gasteiger partial charge in [-0.1, -0.05) is 15.9 Å².